The Kier molecular flexibility index (Phi) is 5.09. The Balaban J connectivity index is 1.73. The summed E-state index contributed by atoms with van der Waals surface area (Å²) in [6, 6.07) is 16.0. The van der Waals surface area contributed by atoms with E-state index in [1.165, 1.54) is 22.9 Å². The van der Waals surface area contributed by atoms with E-state index in [2.05, 4.69) is 15.3 Å². The first-order chi connectivity index (χ1) is 14.6. The molecule has 0 aliphatic rings. The number of hydrogen-bond acceptors (Lipinski definition) is 6. The number of aromatic nitrogens is 3. The van der Waals surface area contributed by atoms with E-state index in [9.17, 15) is 14.4 Å². The second kappa shape index (κ2) is 8.01. The van der Waals surface area contributed by atoms with E-state index in [0.717, 1.165) is 11.1 Å². The molecule has 0 aliphatic carbocycles. The van der Waals surface area contributed by atoms with Gasteiger partial charge in [-0.3, -0.25) is 9.20 Å². The Morgan fingerprint density at radius 1 is 1.20 bits per heavy atom. The third-order valence-electron chi connectivity index (χ3n) is 4.70. The number of rotatable bonds is 5. The Hall–Kier alpha value is -4.25. The van der Waals surface area contributed by atoms with E-state index >= 15 is 0 Å². The van der Waals surface area contributed by atoms with Crippen LogP contribution in [0.15, 0.2) is 65.7 Å². The van der Waals surface area contributed by atoms with Gasteiger partial charge in [0.15, 0.2) is 0 Å². The lowest BCUT2D eigenvalue weighted by Crippen LogP contribution is -2.20. The van der Waals surface area contributed by atoms with Crippen LogP contribution in [-0.4, -0.2) is 20.9 Å². The lowest BCUT2D eigenvalue weighted by Gasteiger charge is -2.13. The van der Waals surface area contributed by atoms with Gasteiger partial charge in [-0.1, -0.05) is 30.3 Å². The van der Waals surface area contributed by atoms with Crippen LogP contribution in [0.3, 0.4) is 0 Å². The van der Waals surface area contributed by atoms with E-state index in [1.807, 2.05) is 42.5 Å². The molecule has 3 heterocycles. The lowest BCUT2D eigenvalue weighted by atomic mass is 9.98. The number of fused-ring (bicyclic) bond motifs is 1. The highest BCUT2D eigenvalue weighted by molar-refractivity contribution is 5.70. The van der Waals surface area contributed by atoms with Crippen molar-refractivity contribution in [1.82, 2.24) is 14.4 Å². The molecule has 3 N–H and O–H groups in total. The summed E-state index contributed by atoms with van der Waals surface area (Å²) in [5, 5.41) is 12.3. The molecule has 0 radical (unpaired) electrons. The predicted octanol–water partition coefficient (Wildman–Crippen LogP) is 3.00. The van der Waals surface area contributed by atoms with Gasteiger partial charge in [0.05, 0.1) is 11.8 Å². The molecular formula is C22H17FN6O. The van der Waals surface area contributed by atoms with Crippen LogP contribution < -0.4 is 16.6 Å². The van der Waals surface area contributed by atoms with Gasteiger partial charge in [-0.05, 0) is 35.7 Å². The minimum atomic E-state index is -0.483. The normalized spacial score (nSPS) is 10.7. The summed E-state index contributed by atoms with van der Waals surface area (Å²) in [6.07, 6.45) is 3.02. The standard InChI is InChI=1S/C22H17FN6O/c23-17-6-7-18-10-15(8-9-26-20-16(11-24)12-27-22(25)28-20)19(21(30)29(18)13-17)14-4-2-1-3-5-14/h1-7,10,12-13H,8-9H2,(H3,25,26,27,28). The monoisotopic (exact) mass is 400 g/mol. The van der Waals surface area contributed by atoms with Crippen LogP contribution in [-0.2, 0) is 6.42 Å². The fourth-order valence-electron chi connectivity index (χ4n) is 3.33. The molecule has 148 valence electrons. The lowest BCUT2D eigenvalue weighted by molar-refractivity contribution is 0.618. The number of halogens is 1. The summed E-state index contributed by atoms with van der Waals surface area (Å²) >= 11 is 0. The number of hydrogen-bond donors (Lipinski definition) is 2. The second-order valence-corrected chi connectivity index (χ2v) is 6.64. The predicted molar refractivity (Wildman–Crippen MR) is 112 cm³/mol. The number of nitrogens with zero attached hydrogens (tertiary/aromatic N) is 4. The molecular weight excluding hydrogens is 383 g/mol. The van der Waals surface area contributed by atoms with Gasteiger partial charge in [0.2, 0.25) is 5.95 Å². The van der Waals surface area contributed by atoms with Crippen molar-refractivity contribution in [3.05, 3.63) is 88.2 Å². The van der Waals surface area contributed by atoms with Crippen LogP contribution in [0.2, 0.25) is 0 Å². The average molecular weight is 400 g/mol. The SMILES string of the molecule is N#Cc1cnc(N)nc1NCCc1cc2ccc(F)cn2c(=O)c1-c1ccccc1. The third kappa shape index (κ3) is 3.69. The first-order valence-electron chi connectivity index (χ1n) is 9.22. The Morgan fingerprint density at radius 2 is 2.00 bits per heavy atom. The van der Waals surface area contributed by atoms with Crippen molar-refractivity contribution in [2.75, 3.05) is 17.6 Å². The molecule has 0 fully saturated rings. The number of anilines is 2. The molecule has 0 bridgehead atoms. The molecule has 0 atom stereocenters. The van der Waals surface area contributed by atoms with Crippen LogP contribution in [0.1, 0.15) is 11.1 Å². The first kappa shape index (κ1) is 19.1. The van der Waals surface area contributed by atoms with Crippen LogP contribution in [0.5, 0.6) is 0 Å². The number of nitrogens with one attached hydrogen (secondary N) is 1. The van der Waals surface area contributed by atoms with Gasteiger partial charge in [0.25, 0.3) is 5.56 Å². The highest BCUT2D eigenvalue weighted by atomic mass is 19.1. The number of nitriles is 1. The van der Waals surface area contributed by atoms with Gasteiger partial charge in [-0.25, -0.2) is 9.37 Å². The van der Waals surface area contributed by atoms with Gasteiger partial charge in [-0.15, -0.1) is 0 Å². The number of benzene rings is 1. The molecule has 8 heteroatoms. The van der Waals surface area contributed by atoms with Crippen molar-refractivity contribution >= 4 is 17.3 Å². The third-order valence-corrected chi connectivity index (χ3v) is 4.70. The van der Waals surface area contributed by atoms with Crippen LogP contribution in [0, 0.1) is 17.1 Å². The van der Waals surface area contributed by atoms with Gasteiger partial charge in [0, 0.05) is 18.3 Å². The van der Waals surface area contributed by atoms with Crippen LogP contribution in [0.25, 0.3) is 16.6 Å². The first-order valence-corrected chi connectivity index (χ1v) is 9.22. The molecule has 4 rings (SSSR count). The average Bonchev–Trinajstić information content (AvgIpc) is 2.75. The van der Waals surface area contributed by atoms with Crippen molar-refractivity contribution in [2.45, 2.75) is 6.42 Å². The zero-order valence-electron chi connectivity index (χ0n) is 15.8. The minimum Gasteiger partial charge on any atom is -0.368 e. The number of pyridine rings is 2. The van der Waals surface area contributed by atoms with E-state index in [1.54, 1.807) is 6.07 Å². The number of nitrogens with two attached hydrogens (primary N) is 1. The second-order valence-electron chi connectivity index (χ2n) is 6.64. The van der Waals surface area contributed by atoms with E-state index in [0.29, 0.717) is 29.9 Å². The number of nitrogen functional groups attached to an aromatic ring is 1. The molecule has 0 aliphatic heterocycles. The summed E-state index contributed by atoms with van der Waals surface area (Å²) < 4.78 is 15.0. The summed E-state index contributed by atoms with van der Waals surface area (Å²) in [5.74, 6) is -0.0818. The zero-order valence-corrected chi connectivity index (χ0v) is 15.8. The molecule has 4 aromatic rings. The quantitative estimate of drug-likeness (QED) is 0.533. The topological polar surface area (TPSA) is 109 Å². The van der Waals surface area contributed by atoms with Crippen LogP contribution >= 0.6 is 0 Å². The summed E-state index contributed by atoms with van der Waals surface area (Å²) in [7, 11) is 0. The fourth-order valence-corrected chi connectivity index (χ4v) is 3.33. The molecule has 0 unspecified atom stereocenters. The van der Waals surface area contributed by atoms with Crippen molar-refractivity contribution in [3.63, 3.8) is 0 Å². The maximum Gasteiger partial charge on any atom is 0.263 e. The molecule has 0 saturated heterocycles. The van der Waals surface area contributed by atoms with E-state index < -0.39 is 5.82 Å². The molecule has 0 amide bonds. The maximum atomic E-state index is 13.7. The highest BCUT2D eigenvalue weighted by Crippen LogP contribution is 2.22. The molecule has 0 spiro atoms. The van der Waals surface area contributed by atoms with Crippen molar-refractivity contribution < 1.29 is 4.39 Å². The summed E-state index contributed by atoms with van der Waals surface area (Å²) in [5.41, 5.74) is 8.25. The largest absolute Gasteiger partial charge is 0.368 e. The molecule has 7 nitrogen and oxygen atoms in total. The Morgan fingerprint density at radius 3 is 2.77 bits per heavy atom. The smallest absolute Gasteiger partial charge is 0.263 e. The van der Waals surface area contributed by atoms with Crippen LogP contribution in [0.4, 0.5) is 16.2 Å². The highest BCUT2D eigenvalue weighted by Gasteiger charge is 2.14. The summed E-state index contributed by atoms with van der Waals surface area (Å²) in [4.78, 5) is 21.0. The van der Waals surface area contributed by atoms with Gasteiger partial charge >= 0.3 is 0 Å². The van der Waals surface area contributed by atoms with Gasteiger partial charge in [-0.2, -0.15) is 10.2 Å². The van der Waals surface area contributed by atoms with E-state index in [4.69, 9.17) is 5.73 Å². The Labute approximate surface area is 171 Å². The molecule has 3 aromatic heterocycles. The molecule has 30 heavy (non-hydrogen) atoms. The van der Waals surface area contributed by atoms with Crippen molar-refractivity contribution in [1.29, 1.82) is 5.26 Å². The van der Waals surface area contributed by atoms with Gasteiger partial charge < -0.3 is 11.1 Å². The minimum absolute atomic E-state index is 0.0625. The molecule has 1 aromatic carbocycles. The van der Waals surface area contributed by atoms with E-state index in [-0.39, 0.29) is 17.1 Å². The maximum absolute atomic E-state index is 13.7. The van der Waals surface area contributed by atoms with Gasteiger partial charge in [0.1, 0.15) is 23.3 Å². The molecule has 0 saturated carbocycles. The van der Waals surface area contributed by atoms with Crippen molar-refractivity contribution in [3.8, 4) is 17.2 Å². The van der Waals surface area contributed by atoms with Crippen molar-refractivity contribution in [2.24, 2.45) is 0 Å². The summed E-state index contributed by atoms with van der Waals surface area (Å²) in [6.45, 7) is 0.405. The Bertz CT molecular complexity index is 1330. The zero-order chi connectivity index (χ0) is 21.1. The fraction of sp³-hybridized carbons (Fsp3) is 0.0909.